The van der Waals surface area contributed by atoms with Crippen molar-refractivity contribution in [2.75, 3.05) is 6.54 Å². The molecule has 1 saturated heterocycles. The molecule has 0 aromatic heterocycles. The zero-order valence-corrected chi connectivity index (χ0v) is 20.7. The number of ether oxygens (including phenoxy) is 2. The van der Waals surface area contributed by atoms with Gasteiger partial charge in [0.05, 0.1) is 0 Å². The summed E-state index contributed by atoms with van der Waals surface area (Å²) < 4.78 is 11.1. The van der Waals surface area contributed by atoms with E-state index in [0.29, 0.717) is 6.54 Å². The highest BCUT2D eigenvalue weighted by Crippen LogP contribution is 2.43. The van der Waals surface area contributed by atoms with E-state index in [1.807, 2.05) is 71.9 Å². The lowest BCUT2D eigenvalue weighted by Gasteiger charge is -2.36. The molecular formula is C26H38N2O5. The fourth-order valence-corrected chi connectivity index (χ4v) is 4.89. The number of nitrogens with zero attached hydrogens (tertiary/aromatic N) is 1. The Balaban J connectivity index is 1.75. The first-order valence-electron chi connectivity index (χ1n) is 11.9. The van der Waals surface area contributed by atoms with E-state index in [1.54, 1.807) is 4.90 Å². The molecule has 2 amide bonds. The molecule has 0 bridgehead atoms. The summed E-state index contributed by atoms with van der Waals surface area (Å²) in [4.78, 5) is 41.2. The maximum absolute atomic E-state index is 13.8. The topological polar surface area (TPSA) is 84.9 Å². The number of likely N-dealkylation sites (tertiary alicyclic amines) is 1. The molecule has 0 spiro atoms. The monoisotopic (exact) mass is 458 g/mol. The first-order valence-corrected chi connectivity index (χ1v) is 11.9. The van der Waals surface area contributed by atoms with E-state index in [2.05, 4.69) is 5.32 Å². The van der Waals surface area contributed by atoms with Gasteiger partial charge in [-0.15, -0.1) is 0 Å². The molecule has 2 fully saturated rings. The van der Waals surface area contributed by atoms with Gasteiger partial charge in [0.2, 0.25) is 5.91 Å². The molecule has 1 aliphatic heterocycles. The van der Waals surface area contributed by atoms with Gasteiger partial charge in [0, 0.05) is 6.54 Å². The maximum Gasteiger partial charge on any atom is 0.408 e. The molecule has 1 heterocycles. The summed E-state index contributed by atoms with van der Waals surface area (Å²) in [6.07, 6.45) is 2.31. The largest absolute Gasteiger partial charge is 0.458 e. The molecule has 1 aromatic rings. The lowest BCUT2D eigenvalue weighted by Crippen LogP contribution is -2.57. The third-order valence-corrected chi connectivity index (χ3v) is 6.41. The minimum absolute atomic E-state index is 0.106. The highest BCUT2D eigenvalue weighted by molar-refractivity contribution is 5.91. The molecule has 1 aromatic carbocycles. The fourth-order valence-electron chi connectivity index (χ4n) is 4.89. The molecule has 1 aliphatic carbocycles. The first-order chi connectivity index (χ1) is 15.4. The highest BCUT2D eigenvalue weighted by Gasteiger charge is 2.52. The van der Waals surface area contributed by atoms with Gasteiger partial charge in [-0.3, -0.25) is 4.79 Å². The molecule has 2 aliphatic rings. The summed E-state index contributed by atoms with van der Waals surface area (Å²) in [6.45, 7) is 11.8. The number of benzene rings is 1. The Morgan fingerprint density at radius 3 is 2.33 bits per heavy atom. The predicted octanol–water partition coefficient (Wildman–Crippen LogP) is 4.30. The summed E-state index contributed by atoms with van der Waals surface area (Å²) >= 11 is 0. The molecular weight excluding hydrogens is 420 g/mol. The van der Waals surface area contributed by atoms with E-state index in [1.165, 1.54) is 0 Å². The van der Waals surface area contributed by atoms with Crippen LogP contribution in [-0.4, -0.2) is 47.1 Å². The zero-order valence-electron chi connectivity index (χ0n) is 20.7. The molecule has 0 radical (unpaired) electrons. The Bertz CT molecular complexity index is 856. The summed E-state index contributed by atoms with van der Waals surface area (Å²) in [7, 11) is 0. The van der Waals surface area contributed by atoms with Crippen LogP contribution < -0.4 is 5.32 Å². The second-order valence-electron chi connectivity index (χ2n) is 11.3. The molecule has 4 atom stereocenters. The Morgan fingerprint density at radius 2 is 1.73 bits per heavy atom. The lowest BCUT2D eigenvalue weighted by molar-refractivity contribution is -0.165. The standard InChI is InChI=1S/C26H38N2O5/c1-25(2,3)21(27-24(31)32-16-17-11-8-7-9-12-17)22(29)28-15-18-13-10-14-19(18)20(28)23(30)33-26(4,5)6/h7-9,11-12,18-21H,10,13-16H2,1-6H3,(H,27,31). The molecule has 1 saturated carbocycles. The second-order valence-corrected chi connectivity index (χ2v) is 11.3. The number of nitrogens with one attached hydrogen (secondary N) is 1. The number of hydrogen-bond acceptors (Lipinski definition) is 5. The van der Waals surface area contributed by atoms with Crippen LogP contribution in [0.1, 0.15) is 66.4 Å². The summed E-state index contributed by atoms with van der Waals surface area (Å²) in [5, 5.41) is 2.77. The van der Waals surface area contributed by atoms with Crippen molar-refractivity contribution in [3.05, 3.63) is 35.9 Å². The molecule has 1 N–H and O–H groups in total. The minimum atomic E-state index is -0.829. The van der Waals surface area contributed by atoms with Crippen LogP contribution in [0.3, 0.4) is 0 Å². The fraction of sp³-hybridized carbons (Fsp3) is 0.654. The average molecular weight is 459 g/mol. The van der Waals surface area contributed by atoms with Gasteiger partial charge < -0.3 is 19.7 Å². The highest BCUT2D eigenvalue weighted by atomic mass is 16.6. The lowest BCUT2D eigenvalue weighted by atomic mass is 9.85. The third-order valence-electron chi connectivity index (χ3n) is 6.41. The van der Waals surface area contributed by atoms with Gasteiger partial charge in [-0.05, 0) is 56.4 Å². The average Bonchev–Trinajstić information content (AvgIpc) is 3.29. The first kappa shape index (κ1) is 25.1. The van der Waals surface area contributed by atoms with Crippen molar-refractivity contribution in [3.8, 4) is 0 Å². The maximum atomic E-state index is 13.8. The van der Waals surface area contributed by atoms with Crippen molar-refractivity contribution >= 4 is 18.0 Å². The van der Waals surface area contributed by atoms with Crippen molar-refractivity contribution in [2.24, 2.45) is 17.3 Å². The van der Waals surface area contributed by atoms with Gasteiger partial charge in [-0.25, -0.2) is 9.59 Å². The molecule has 3 rings (SSSR count). The predicted molar refractivity (Wildman–Crippen MR) is 125 cm³/mol. The number of rotatable bonds is 5. The van der Waals surface area contributed by atoms with Gasteiger partial charge in [0.1, 0.15) is 24.3 Å². The van der Waals surface area contributed by atoms with E-state index in [9.17, 15) is 14.4 Å². The number of fused-ring (bicyclic) bond motifs is 1. The Morgan fingerprint density at radius 1 is 1.06 bits per heavy atom. The number of amides is 2. The van der Waals surface area contributed by atoms with E-state index < -0.39 is 29.2 Å². The Kier molecular flexibility index (Phi) is 7.39. The third kappa shape index (κ3) is 6.27. The van der Waals surface area contributed by atoms with Crippen LogP contribution in [0.5, 0.6) is 0 Å². The normalized spacial score (nSPS) is 23.6. The van der Waals surface area contributed by atoms with Crippen LogP contribution in [0, 0.1) is 17.3 Å². The van der Waals surface area contributed by atoms with Gasteiger partial charge in [0.15, 0.2) is 0 Å². The number of alkyl carbamates (subject to hydrolysis) is 1. The van der Waals surface area contributed by atoms with Crippen molar-refractivity contribution < 1.29 is 23.9 Å². The quantitative estimate of drug-likeness (QED) is 0.665. The van der Waals surface area contributed by atoms with Crippen LogP contribution in [0.15, 0.2) is 30.3 Å². The van der Waals surface area contributed by atoms with Crippen LogP contribution in [0.2, 0.25) is 0 Å². The van der Waals surface area contributed by atoms with Gasteiger partial charge in [-0.1, -0.05) is 57.5 Å². The smallest absolute Gasteiger partial charge is 0.408 e. The van der Waals surface area contributed by atoms with E-state index in [-0.39, 0.29) is 30.3 Å². The van der Waals surface area contributed by atoms with E-state index >= 15 is 0 Å². The van der Waals surface area contributed by atoms with E-state index in [4.69, 9.17) is 9.47 Å². The number of carbonyl (C=O) groups is 3. The van der Waals surface area contributed by atoms with Gasteiger partial charge in [-0.2, -0.15) is 0 Å². The summed E-state index contributed by atoms with van der Waals surface area (Å²) in [5.41, 5.74) is -0.339. The Hall–Kier alpha value is -2.57. The summed E-state index contributed by atoms with van der Waals surface area (Å²) in [6, 6.07) is 7.94. The summed E-state index contributed by atoms with van der Waals surface area (Å²) in [5.74, 6) is -0.222. The van der Waals surface area contributed by atoms with Crippen molar-refractivity contribution in [1.82, 2.24) is 10.2 Å². The molecule has 7 nitrogen and oxygen atoms in total. The van der Waals surface area contributed by atoms with Crippen molar-refractivity contribution in [1.29, 1.82) is 0 Å². The van der Waals surface area contributed by atoms with Crippen LogP contribution in [0.25, 0.3) is 0 Å². The zero-order chi connectivity index (χ0) is 24.4. The SMILES string of the molecule is CC(C)(C)OC(=O)C1C2CCCC2CN1C(=O)C(NC(=O)OCc1ccccc1)C(C)(C)C. The number of carbonyl (C=O) groups excluding carboxylic acids is 3. The molecule has 4 unspecified atom stereocenters. The van der Waals surface area contributed by atoms with Crippen LogP contribution >= 0.6 is 0 Å². The van der Waals surface area contributed by atoms with Gasteiger partial charge in [0.25, 0.3) is 0 Å². The van der Waals surface area contributed by atoms with Crippen molar-refractivity contribution in [2.45, 2.75) is 85.1 Å². The number of hydrogen-bond donors (Lipinski definition) is 1. The van der Waals surface area contributed by atoms with Crippen LogP contribution in [-0.2, 0) is 25.7 Å². The molecule has 182 valence electrons. The van der Waals surface area contributed by atoms with Crippen LogP contribution in [0.4, 0.5) is 4.79 Å². The van der Waals surface area contributed by atoms with E-state index in [0.717, 1.165) is 24.8 Å². The Labute approximate surface area is 197 Å². The van der Waals surface area contributed by atoms with Gasteiger partial charge >= 0.3 is 12.1 Å². The molecule has 7 heteroatoms. The molecule has 33 heavy (non-hydrogen) atoms. The second kappa shape index (κ2) is 9.74. The number of esters is 1. The van der Waals surface area contributed by atoms with Crippen molar-refractivity contribution in [3.63, 3.8) is 0 Å². The minimum Gasteiger partial charge on any atom is -0.458 e.